The van der Waals surface area contributed by atoms with Gasteiger partial charge in [-0.15, -0.1) is 23.7 Å². The van der Waals surface area contributed by atoms with Crippen molar-refractivity contribution >= 4 is 39.9 Å². The molecule has 0 radical (unpaired) electrons. The molecule has 9 heteroatoms. The number of nitrogens with zero attached hydrogens (tertiary/aromatic N) is 2. The summed E-state index contributed by atoms with van der Waals surface area (Å²) >= 11 is 1.37. The van der Waals surface area contributed by atoms with Crippen LogP contribution in [0, 0.1) is 6.92 Å². The van der Waals surface area contributed by atoms with Crippen molar-refractivity contribution in [2.45, 2.75) is 32.4 Å². The highest BCUT2D eigenvalue weighted by atomic mass is 35.5. The first-order valence-electron chi connectivity index (χ1n) is 7.98. The number of halogens is 1. The monoisotopic (exact) mass is 386 g/mol. The Balaban J connectivity index is 0.00000225. The molecule has 1 saturated heterocycles. The molecule has 1 fully saturated rings. The number of hydrogen-bond acceptors (Lipinski definition) is 7. The van der Waals surface area contributed by atoms with E-state index in [-0.39, 0.29) is 24.4 Å². The van der Waals surface area contributed by atoms with Crippen LogP contribution in [0.4, 0.5) is 0 Å². The number of ether oxygens (including phenoxy) is 2. The van der Waals surface area contributed by atoms with E-state index in [4.69, 9.17) is 9.47 Å². The van der Waals surface area contributed by atoms with Crippen molar-refractivity contribution in [2.24, 2.45) is 0 Å². The van der Waals surface area contributed by atoms with Crippen LogP contribution in [-0.4, -0.2) is 49.2 Å². The summed E-state index contributed by atoms with van der Waals surface area (Å²) in [5.74, 6) is 0.977. The number of rotatable bonds is 5. The summed E-state index contributed by atoms with van der Waals surface area (Å²) in [5.41, 5.74) is 0.858. The van der Waals surface area contributed by atoms with Crippen LogP contribution in [0.25, 0.3) is 10.2 Å². The Morgan fingerprint density at radius 1 is 1.40 bits per heavy atom. The van der Waals surface area contributed by atoms with Crippen LogP contribution in [0.2, 0.25) is 0 Å². The third-order valence-corrected chi connectivity index (χ3v) is 5.29. The summed E-state index contributed by atoms with van der Waals surface area (Å²) in [6, 6.07) is 0.174. The average molecular weight is 387 g/mol. The van der Waals surface area contributed by atoms with E-state index >= 15 is 0 Å². The first-order chi connectivity index (χ1) is 11.6. The molecule has 7 nitrogen and oxygen atoms in total. The lowest BCUT2D eigenvalue weighted by Gasteiger charge is -2.23. The predicted molar refractivity (Wildman–Crippen MR) is 100 cm³/mol. The van der Waals surface area contributed by atoms with Gasteiger partial charge >= 0.3 is 0 Å². The van der Waals surface area contributed by atoms with E-state index < -0.39 is 0 Å². The molecule has 1 atom stereocenters. The number of nitrogens with one attached hydrogen (secondary N) is 2. The Kier molecular flexibility index (Phi) is 6.95. The molecule has 3 heterocycles. The molecule has 0 aliphatic carbocycles. The zero-order valence-electron chi connectivity index (χ0n) is 14.5. The maximum absolute atomic E-state index is 12.7. The second-order valence-electron chi connectivity index (χ2n) is 5.84. The fourth-order valence-corrected chi connectivity index (χ4v) is 4.02. The van der Waals surface area contributed by atoms with Gasteiger partial charge in [0.25, 0.3) is 5.91 Å². The highest BCUT2D eigenvalue weighted by Gasteiger charge is 2.23. The van der Waals surface area contributed by atoms with Crippen LogP contribution >= 0.6 is 23.7 Å². The van der Waals surface area contributed by atoms with Gasteiger partial charge in [0, 0.05) is 19.7 Å². The fraction of sp³-hybridized carbons (Fsp3) is 0.562. The number of carbonyl (C=O) groups excluding carboxylic acids is 1. The van der Waals surface area contributed by atoms with Gasteiger partial charge in [-0.2, -0.15) is 4.98 Å². The predicted octanol–water partition coefficient (Wildman–Crippen LogP) is 2.06. The van der Waals surface area contributed by atoms with Gasteiger partial charge in [0.2, 0.25) is 5.88 Å². The van der Waals surface area contributed by atoms with E-state index in [2.05, 4.69) is 20.6 Å². The van der Waals surface area contributed by atoms with Crippen LogP contribution in [-0.2, 0) is 11.3 Å². The van der Waals surface area contributed by atoms with E-state index in [9.17, 15) is 4.79 Å². The van der Waals surface area contributed by atoms with Crippen molar-refractivity contribution in [1.29, 1.82) is 0 Å². The lowest BCUT2D eigenvalue weighted by Crippen LogP contribution is -2.45. The Labute approximate surface area is 156 Å². The standard InChI is InChI=1S/C16H22N4O3S.ClH/c1-9-12-15(23-3)19-11(8-22-2)20-16(12)24-13(9)14(21)18-10-5-4-6-17-7-10;/h10,17H,4-8H2,1-3H3,(H,18,21);1H. The molecule has 2 aromatic heterocycles. The van der Waals surface area contributed by atoms with Crippen LogP contribution < -0.4 is 15.4 Å². The molecule has 1 amide bonds. The number of thiophene rings is 1. The molecule has 0 aromatic carbocycles. The molecule has 1 aliphatic rings. The molecule has 138 valence electrons. The van der Waals surface area contributed by atoms with Gasteiger partial charge in [-0.1, -0.05) is 0 Å². The van der Waals surface area contributed by atoms with Crippen molar-refractivity contribution in [3.63, 3.8) is 0 Å². The maximum atomic E-state index is 12.7. The Hall–Kier alpha value is -1.48. The second kappa shape index (κ2) is 8.75. The van der Waals surface area contributed by atoms with E-state index in [0.717, 1.165) is 41.7 Å². The minimum atomic E-state index is -0.0560. The molecule has 2 aromatic rings. The van der Waals surface area contributed by atoms with E-state index in [1.807, 2.05) is 6.92 Å². The summed E-state index contributed by atoms with van der Waals surface area (Å²) in [6.07, 6.45) is 2.08. The quantitative estimate of drug-likeness (QED) is 0.818. The molecular weight excluding hydrogens is 364 g/mol. The van der Waals surface area contributed by atoms with Gasteiger partial charge in [-0.05, 0) is 31.9 Å². The lowest BCUT2D eigenvalue weighted by molar-refractivity contribution is 0.0934. The van der Waals surface area contributed by atoms with Gasteiger partial charge in [0.1, 0.15) is 11.4 Å². The molecule has 2 N–H and O–H groups in total. The molecule has 25 heavy (non-hydrogen) atoms. The minimum Gasteiger partial charge on any atom is -0.480 e. The Morgan fingerprint density at radius 3 is 2.84 bits per heavy atom. The lowest BCUT2D eigenvalue weighted by atomic mass is 10.1. The molecule has 3 rings (SSSR count). The topological polar surface area (TPSA) is 85.4 Å². The van der Waals surface area contributed by atoms with Gasteiger partial charge < -0.3 is 20.1 Å². The summed E-state index contributed by atoms with van der Waals surface area (Å²) in [7, 11) is 3.17. The smallest absolute Gasteiger partial charge is 0.261 e. The summed E-state index contributed by atoms with van der Waals surface area (Å²) in [4.78, 5) is 22.9. The zero-order valence-corrected chi connectivity index (χ0v) is 16.2. The van der Waals surface area contributed by atoms with Crippen LogP contribution in [0.3, 0.4) is 0 Å². The number of fused-ring (bicyclic) bond motifs is 1. The highest BCUT2D eigenvalue weighted by molar-refractivity contribution is 7.20. The van der Waals surface area contributed by atoms with Gasteiger partial charge in [-0.25, -0.2) is 4.98 Å². The normalized spacial score (nSPS) is 17.2. The Morgan fingerprint density at radius 2 is 2.20 bits per heavy atom. The second-order valence-corrected chi connectivity index (χ2v) is 6.83. The van der Waals surface area contributed by atoms with Crippen molar-refractivity contribution in [1.82, 2.24) is 20.6 Å². The van der Waals surface area contributed by atoms with Gasteiger partial charge in [0.05, 0.1) is 17.4 Å². The maximum Gasteiger partial charge on any atom is 0.261 e. The van der Waals surface area contributed by atoms with Crippen molar-refractivity contribution in [3.8, 4) is 5.88 Å². The number of amides is 1. The van der Waals surface area contributed by atoms with E-state index in [1.54, 1.807) is 14.2 Å². The fourth-order valence-electron chi connectivity index (χ4n) is 2.93. The highest BCUT2D eigenvalue weighted by Crippen LogP contribution is 2.35. The van der Waals surface area contributed by atoms with Crippen molar-refractivity contribution in [2.75, 3.05) is 27.3 Å². The zero-order chi connectivity index (χ0) is 17.1. The summed E-state index contributed by atoms with van der Waals surface area (Å²) in [5, 5.41) is 7.21. The molecule has 0 bridgehead atoms. The van der Waals surface area contributed by atoms with Gasteiger partial charge in [0.15, 0.2) is 5.82 Å². The largest absolute Gasteiger partial charge is 0.480 e. The third kappa shape index (κ3) is 4.20. The number of aryl methyl sites for hydroxylation is 1. The summed E-state index contributed by atoms with van der Waals surface area (Å²) < 4.78 is 10.5. The van der Waals surface area contributed by atoms with Crippen molar-refractivity contribution < 1.29 is 14.3 Å². The van der Waals surface area contributed by atoms with Crippen LogP contribution in [0.1, 0.15) is 33.9 Å². The number of carbonyl (C=O) groups is 1. The average Bonchev–Trinajstić information content (AvgIpc) is 2.92. The number of methoxy groups -OCH3 is 2. The van der Waals surface area contributed by atoms with E-state index in [0.29, 0.717) is 23.2 Å². The molecule has 1 aliphatic heterocycles. The molecule has 0 saturated carbocycles. The number of aromatic nitrogens is 2. The first kappa shape index (κ1) is 19.8. The molecule has 1 unspecified atom stereocenters. The Bertz CT molecular complexity index is 747. The van der Waals surface area contributed by atoms with Crippen LogP contribution in [0.15, 0.2) is 0 Å². The number of hydrogen-bond donors (Lipinski definition) is 2. The SMILES string of the molecule is COCc1nc(OC)c2c(C)c(C(=O)NC3CCCNC3)sc2n1.Cl. The van der Waals surface area contributed by atoms with Crippen molar-refractivity contribution in [3.05, 3.63) is 16.3 Å². The summed E-state index contributed by atoms with van der Waals surface area (Å²) in [6.45, 7) is 4.05. The molecule has 0 spiro atoms. The third-order valence-electron chi connectivity index (χ3n) is 4.11. The molecular formula is C16H23ClN4O3S. The first-order valence-corrected chi connectivity index (χ1v) is 8.80. The van der Waals surface area contributed by atoms with Gasteiger partial charge in [-0.3, -0.25) is 4.79 Å². The van der Waals surface area contributed by atoms with E-state index in [1.165, 1.54) is 11.3 Å². The minimum absolute atomic E-state index is 0. The van der Waals surface area contributed by atoms with Crippen LogP contribution in [0.5, 0.6) is 5.88 Å². The number of piperidine rings is 1.